The molecule has 1 fully saturated rings. The van der Waals surface area contributed by atoms with Crippen molar-refractivity contribution in [3.63, 3.8) is 0 Å². The van der Waals surface area contributed by atoms with Gasteiger partial charge in [0.05, 0.1) is 32.3 Å². The van der Waals surface area contributed by atoms with Gasteiger partial charge in [0.15, 0.2) is 0 Å². The summed E-state index contributed by atoms with van der Waals surface area (Å²) in [6.07, 6.45) is 1.12. The zero-order valence-electron chi connectivity index (χ0n) is 11.0. The van der Waals surface area contributed by atoms with Gasteiger partial charge in [-0.1, -0.05) is 0 Å². The normalized spacial score (nSPS) is 16.2. The third-order valence-electron chi connectivity index (χ3n) is 2.85. The second kappa shape index (κ2) is 5.66. The molecule has 0 unspecified atom stereocenters. The van der Waals surface area contributed by atoms with Crippen molar-refractivity contribution in [1.29, 1.82) is 0 Å². The summed E-state index contributed by atoms with van der Waals surface area (Å²) in [6, 6.07) is 5.46. The van der Waals surface area contributed by atoms with E-state index >= 15 is 0 Å². The Morgan fingerprint density at radius 2 is 2.00 bits per heavy atom. The highest BCUT2D eigenvalue weighted by atomic mass is 32.2. The van der Waals surface area contributed by atoms with Crippen LogP contribution in [0.25, 0.3) is 0 Å². The molecule has 1 N–H and O–H groups in total. The minimum absolute atomic E-state index is 0.453. The summed E-state index contributed by atoms with van der Waals surface area (Å²) in [6.45, 7) is 2.96. The minimum atomic E-state index is -3.33. The number of benzene rings is 1. The smallest absolute Gasteiger partial charge is 0.229 e. The molecule has 2 rings (SSSR count). The van der Waals surface area contributed by atoms with Crippen LogP contribution in [0, 0.1) is 0 Å². The summed E-state index contributed by atoms with van der Waals surface area (Å²) in [4.78, 5) is 2.15. The number of nitrogens with zero attached hydrogens (tertiary/aromatic N) is 1. The van der Waals surface area contributed by atoms with E-state index < -0.39 is 10.0 Å². The number of methoxy groups -OCH3 is 1. The van der Waals surface area contributed by atoms with E-state index in [2.05, 4.69) is 9.62 Å². The van der Waals surface area contributed by atoms with Gasteiger partial charge in [-0.15, -0.1) is 0 Å². The van der Waals surface area contributed by atoms with Gasteiger partial charge in [0.25, 0.3) is 0 Å². The summed E-state index contributed by atoms with van der Waals surface area (Å²) in [5.74, 6) is 0.502. The third kappa shape index (κ3) is 3.74. The summed E-state index contributed by atoms with van der Waals surface area (Å²) >= 11 is 0. The van der Waals surface area contributed by atoms with Gasteiger partial charge in [-0.2, -0.15) is 0 Å². The molecule has 1 aliphatic heterocycles. The minimum Gasteiger partial charge on any atom is -0.495 e. The van der Waals surface area contributed by atoms with E-state index in [-0.39, 0.29) is 0 Å². The Morgan fingerprint density at radius 1 is 1.32 bits per heavy atom. The van der Waals surface area contributed by atoms with E-state index in [1.807, 2.05) is 6.07 Å². The highest BCUT2D eigenvalue weighted by Gasteiger charge is 2.15. The third-order valence-corrected chi connectivity index (χ3v) is 3.45. The predicted octanol–water partition coefficient (Wildman–Crippen LogP) is 0.903. The molecule has 0 aromatic heterocycles. The first-order valence-corrected chi connectivity index (χ1v) is 7.87. The molecule has 0 saturated carbocycles. The Balaban J connectivity index is 2.29. The number of nitrogens with one attached hydrogen (secondary N) is 1. The molecule has 0 spiro atoms. The molecule has 6 nitrogen and oxygen atoms in total. The number of ether oxygens (including phenoxy) is 2. The Kier molecular flexibility index (Phi) is 4.16. The van der Waals surface area contributed by atoms with E-state index in [4.69, 9.17) is 9.47 Å². The average molecular weight is 286 g/mol. The topological polar surface area (TPSA) is 67.9 Å². The second-order valence-corrected chi connectivity index (χ2v) is 6.11. The maximum atomic E-state index is 11.4. The molecule has 19 heavy (non-hydrogen) atoms. The standard InChI is InChI=1S/C12H18N2O4S/c1-17-12-4-3-10(14-5-7-18-8-6-14)9-11(12)13-19(2,15)16/h3-4,9,13H,5-8H2,1-2H3. The lowest BCUT2D eigenvalue weighted by atomic mass is 10.2. The number of sulfonamides is 1. The monoisotopic (exact) mass is 286 g/mol. The van der Waals surface area contributed by atoms with Gasteiger partial charge >= 0.3 is 0 Å². The van der Waals surface area contributed by atoms with E-state index in [1.54, 1.807) is 12.1 Å². The lowest BCUT2D eigenvalue weighted by molar-refractivity contribution is 0.122. The quantitative estimate of drug-likeness (QED) is 0.891. The first-order valence-electron chi connectivity index (χ1n) is 5.98. The maximum Gasteiger partial charge on any atom is 0.229 e. The highest BCUT2D eigenvalue weighted by Crippen LogP contribution is 2.30. The first kappa shape index (κ1) is 14.0. The van der Waals surface area contributed by atoms with Crippen molar-refractivity contribution in [3.05, 3.63) is 18.2 Å². The molecular formula is C12H18N2O4S. The fourth-order valence-corrected chi connectivity index (χ4v) is 2.55. The van der Waals surface area contributed by atoms with Crippen molar-refractivity contribution >= 4 is 21.4 Å². The van der Waals surface area contributed by atoms with E-state index in [0.29, 0.717) is 24.7 Å². The molecule has 1 aromatic rings. The summed E-state index contributed by atoms with van der Waals surface area (Å²) in [5.41, 5.74) is 1.41. The Labute approximate surface area is 113 Å². The number of hydrogen-bond donors (Lipinski definition) is 1. The molecule has 0 radical (unpaired) electrons. The number of hydrogen-bond acceptors (Lipinski definition) is 5. The molecule has 0 atom stereocenters. The molecule has 0 amide bonds. The van der Waals surface area contributed by atoms with Gasteiger partial charge in [-0.25, -0.2) is 8.42 Å². The molecule has 1 heterocycles. The van der Waals surface area contributed by atoms with E-state index in [9.17, 15) is 8.42 Å². The van der Waals surface area contributed by atoms with Crippen LogP contribution >= 0.6 is 0 Å². The predicted molar refractivity (Wildman–Crippen MR) is 74.5 cm³/mol. The second-order valence-electron chi connectivity index (χ2n) is 4.36. The fourth-order valence-electron chi connectivity index (χ4n) is 1.99. The number of morpholine rings is 1. The van der Waals surface area contributed by atoms with Gasteiger partial charge < -0.3 is 14.4 Å². The van der Waals surface area contributed by atoms with Crippen LogP contribution in [-0.4, -0.2) is 48.1 Å². The van der Waals surface area contributed by atoms with Crippen LogP contribution in [0.5, 0.6) is 5.75 Å². The van der Waals surface area contributed by atoms with Crippen LogP contribution in [0.2, 0.25) is 0 Å². The van der Waals surface area contributed by atoms with Gasteiger partial charge in [-0.3, -0.25) is 4.72 Å². The van der Waals surface area contributed by atoms with Gasteiger partial charge in [0.2, 0.25) is 10.0 Å². The highest BCUT2D eigenvalue weighted by molar-refractivity contribution is 7.92. The molecule has 1 aromatic carbocycles. The summed E-state index contributed by atoms with van der Waals surface area (Å²) in [5, 5.41) is 0. The van der Waals surface area contributed by atoms with Crippen molar-refractivity contribution < 1.29 is 17.9 Å². The van der Waals surface area contributed by atoms with Crippen LogP contribution < -0.4 is 14.4 Å². The molecule has 106 valence electrons. The van der Waals surface area contributed by atoms with Crippen molar-refractivity contribution in [2.45, 2.75) is 0 Å². The van der Waals surface area contributed by atoms with Gasteiger partial charge in [0.1, 0.15) is 5.75 Å². The van der Waals surface area contributed by atoms with Gasteiger partial charge in [-0.05, 0) is 18.2 Å². The van der Waals surface area contributed by atoms with Gasteiger partial charge in [0, 0.05) is 18.8 Å². The maximum absolute atomic E-state index is 11.4. The molecule has 7 heteroatoms. The largest absolute Gasteiger partial charge is 0.495 e. The average Bonchev–Trinajstić information content (AvgIpc) is 2.38. The Bertz CT molecular complexity index is 539. The lowest BCUT2D eigenvalue weighted by Crippen LogP contribution is -2.36. The van der Waals surface area contributed by atoms with Crippen LogP contribution in [-0.2, 0) is 14.8 Å². The SMILES string of the molecule is COc1ccc(N2CCOCC2)cc1NS(C)(=O)=O. The van der Waals surface area contributed by atoms with Crippen molar-refractivity contribution in [2.24, 2.45) is 0 Å². The molecule has 1 saturated heterocycles. The number of anilines is 2. The van der Waals surface area contributed by atoms with E-state index in [1.165, 1.54) is 7.11 Å². The van der Waals surface area contributed by atoms with Crippen LogP contribution in [0.3, 0.4) is 0 Å². The van der Waals surface area contributed by atoms with Crippen molar-refractivity contribution in [2.75, 3.05) is 49.3 Å². The first-order chi connectivity index (χ1) is 8.99. The van der Waals surface area contributed by atoms with Crippen LogP contribution in [0.1, 0.15) is 0 Å². The summed E-state index contributed by atoms with van der Waals surface area (Å²) < 4.78 is 35.6. The van der Waals surface area contributed by atoms with Crippen molar-refractivity contribution in [1.82, 2.24) is 0 Å². The lowest BCUT2D eigenvalue weighted by Gasteiger charge is -2.29. The van der Waals surface area contributed by atoms with Crippen molar-refractivity contribution in [3.8, 4) is 5.75 Å². The van der Waals surface area contributed by atoms with E-state index in [0.717, 1.165) is 25.0 Å². The Morgan fingerprint density at radius 3 is 2.58 bits per heavy atom. The van der Waals surface area contributed by atoms with Crippen LogP contribution in [0.4, 0.5) is 11.4 Å². The van der Waals surface area contributed by atoms with Crippen LogP contribution in [0.15, 0.2) is 18.2 Å². The fraction of sp³-hybridized carbons (Fsp3) is 0.500. The summed E-state index contributed by atoms with van der Waals surface area (Å²) in [7, 11) is -1.82. The zero-order chi connectivity index (χ0) is 13.9. The Hall–Kier alpha value is -1.47. The molecule has 0 bridgehead atoms. The zero-order valence-corrected chi connectivity index (χ0v) is 11.9. The molecular weight excluding hydrogens is 268 g/mol. The molecule has 0 aliphatic carbocycles. The number of rotatable bonds is 4. The molecule has 1 aliphatic rings.